The number of nitrogens with one attached hydrogen (secondary N) is 1. The van der Waals surface area contributed by atoms with Crippen LogP contribution in [-0.2, 0) is 9.53 Å². The maximum atomic E-state index is 12.9. The third-order valence-corrected chi connectivity index (χ3v) is 2.63. The molecule has 0 radical (unpaired) electrons. The molecule has 0 unspecified atom stereocenters. The highest BCUT2D eigenvalue weighted by molar-refractivity contribution is 5.98. The highest BCUT2D eigenvalue weighted by Gasteiger charge is 2.62. The Hall–Kier alpha value is -2.29. The van der Waals surface area contributed by atoms with E-state index in [2.05, 4.69) is 4.74 Å². The largest absolute Gasteiger partial charge is 0.497 e. The average molecular weight is 321 g/mol. The van der Waals surface area contributed by atoms with Crippen molar-refractivity contribution < 1.29 is 37.3 Å². The van der Waals surface area contributed by atoms with Crippen molar-refractivity contribution in [2.24, 2.45) is 0 Å². The van der Waals surface area contributed by atoms with Crippen LogP contribution in [0, 0.1) is 0 Å². The highest BCUT2D eigenvalue weighted by Crippen LogP contribution is 2.30. The van der Waals surface area contributed by atoms with E-state index in [4.69, 9.17) is 4.74 Å². The molecule has 1 amide bonds. The Morgan fingerprint density at radius 3 is 2.18 bits per heavy atom. The summed E-state index contributed by atoms with van der Waals surface area (Å²) in [4.78, 5) is 23.1. The van der Waals surface area contributed by atoms with Gasteiger partial charge in [-0.15, -0.1) is 0 Å². The molecule has 0 spiro atoms. The van der Waals surface area contributed by atoms with E-state index in [-0.39, 0.29) is 5.56 Å². The fourth-order valence-electron chi connectivity index (χ4n) is 1.45. The second kappa shape index (κ2) is 6.65. The molecule has 1 atom stereocenters. The molecule has 1 aromatic rings. The van der Waals surface area contributed by atoms with Crippen LogP contribution in [0.3, 0.4) is 0 Å². The Morgan fingerprint density at radius 1 is 1.23 bits per heavy atom. The van der Waals surface area contributed by atoms with Gasteiger partial charge in [0.2, 0.25) is 0 Å². The first-order valence-corrected chi connectivity index (χ1v) is 6.08. The SMILES string of the molecule is CCOC(=O)[C@@](O)(NC(=O)c1ccc(OC)cc1)C(F)(F)F. The number of carbonyl (C=O) groups excluding carboxylic acids is 2. The second-order valence-corrected chi connectivity index (χ2v) is 4.11. The summed E-state index contributed by atoms with van der Waals surface area (Å²) in [5.41, 5.74) is -4.33. The van der Waals surface area contributed by atoms with Crippen LogP contribution >= 0.6 is 0 Å². The van der Waals surface area contributed by atoms with Gasteiger partial charge in [0.1, 0.15) is 5.75 Å². The monoisotopic (exact) mass is 321 g/mol. The van der Waals surface area contributed by atoms with Gasteiger partial charge in [0, 0.05) is 5.56 Å². The predicted molar refractivity (Wildman–Crippen MR) is 68.1 cm³/mol. The van der Waals surface area contributed by atoms with Gasteiger partial charge in [-0.05, 0) is 31.2 Å². The summed E-state index contributed by atoms with van der Waals surface area (Å²) in [5, 5.41) is 10.8. The normalized spacial score (nSPS) is 13.9. The van der Waals surface area contributed by atoms with Crippen molar-refractivity contribution in [2.75, 3.05) is 13.7 Å². The molecule has 0 aliphatic heterocycles. The molecule has 0 saturated heterocycles. The zero-order valence-corrected chi connectivity index (χ0v) is 11.7. The van der Waals surface area contributed by atoms with Crippen molar-refractivity contribution in [1.29, 1.82) is 0 Å². The number of methoxy groups -OCH3 is 1. The number of esters is 1. The van der Waals surface area contributed by atoms with Crippen molar-refractivity contribution in [3.8, 4) is 5.75 Å². The van der Waals surface area contributed by atoms with Crippen molar-refractivity contribution in [1.82, 2.24) is 5.32 Å². The number of benzene rings is 1. The van der Waals surface area contributed by atoms with E-state index in [1.54, 1.807) is 0 Å². The van der Waals surface area contributed by atoms with Crippen molar-refractivity contribution in [3.63, 3.8) is 0 Å². The summed E-state index contributed by atoms with van der Waals surface area (Å²) in [5.74, 6) is -2.92. The Labute approximate surface area is 123 Å². The first-order valence-electron chi connectivity index (χ1n) is 6.08. The molecule has 2 N–H and O–H groups in total. The van der Waals surface area contributed by atoms with Crippen molar-refractivity contribution in [2.45, 2.75) is 18.8 Å². The highest BCUT2D eigenvalue weighted by atomic mass is 19.4. The van der Waals surface area contributed by atoms with E-state index < -0.39 is 30.4 Å². The van der Waals surface area contributed by atoms with Crippen LogP contribution < -0.4 is 10.1 Å². The third-order valence-electron chi connectivity index (χ3n) is 2.63. The summed E-state index contributed by atoms with van der Waals surface area (Å²) in [6.07, 6.45) is -5.44. The van der Waals surface area contributed by atoms with E-state index in [1.165, 1.54) is 43.6 Å². The molecule has 122 valence electrons. The van der Waals surface area contributed by atoms with E-state index in [9.17, 15) is 27.9 Å². The lowest BCUT2D eigenvalue weighted by atomic mass is 10.1. The quantitative estimate of drug-likeness (QED) is 0.629. The van der Waals surface area contributed by atoms with Gasteiger partial charge in [-0.1, -0.05) is 0 Å². The maximum Gasteiger partial charge on any atom is 0.448 e. The number of amides is 1. The van der Waals surface area contributed by atoms with Crippen LogP contribution in [0.15, 0.2) is 24.3 Å². The first-order chi connectivity index (χ1) is 10.2. The molecule has 0 saturated carbocycles. The van der Waals surface area contributed by atoms with E-state index in [0.717, 1.165) is 0 Å². The average Bonchev–Trinajstić information content (AvgIpc) is 2.46. The Morgan fingerprint density at radius 2 is 1.77 bits per heavy atom. The van der Waals surface area contributed by atoms with Gasteiger partial charge in [-0.2, -0.15) is 13.2 Å². The second-order valence-electron chi connectivity index (χ2n) is 4.11. The fraction of sp³-hybridized carbons (Fsp3) is 0.385. The molecule has 6 nitrogen and oxygen atoms in total. The third kappa shape index (κ3) is 3.67. The van der Waals surface area contributed by atoms with Crippen LogP contribution in [0.5, 0.6) is 5.75 Å². The molecular weight excluding hydrogens is 307 g/mol. The van der Waals surface area contributed by atoms with Gasteiger partial charge in [0.15, 0.2) is 0 Å². The summed E-state index contributed by atoms with van der Waals surface area (Å²) in [6.45, 7) is 0.871. The molecule has 0 aliphatic rings. The van der Waals surface area contributed by atoms with Crippen LogP contribution in [0.25, 0.3) is 0 Å². The molecule has 0 aromatic heterocycles. The Balaban J connectivity index is 3.03. The molecular formula is C13H14F3NO5. The minimum atomic E-state index is -5.44. The topological polar surface area (TPSA) is 84.9 Å². The Bertz CT molecular complexity index is 544. The van der Waals surface area contributed by atoms with E-state index in [1.807, 2.05) is 0 Å². The number of rotatable bonds is 5. The lowest BCUT2D eigenvalue weighted by Crippen LogP contribution is -2.64. The van der Waals surface area contributed by atoms with Gasteiger partial charge in [0.05, 0.1) is 13.7 Å². The number of carbonyl (C=O) groups is 2. The zero-order valence-electron chi connectivity index (χ0n) is 11.7. The molecule has 0 heterocycles. The van der Waals surface area contributed by atoms with Gasteiger partial charge >= 0.3 is 17.9 Å². The van der Waals surface area contributed by atoms with Crippen molar-refractivity contribution in [3.05, 3.63) is 29.8 Å². The zero-order chi connectivity index (χ0) is 17.0. The molecule has 1 aromatic carbocycles. The Kier molecular flexibility index (Phi) is 5.37. The molecule has 0 bridgehead atoms. The number of hydrogen-bond donors (Lipinski definition) is 2. The summed E-state index contributed by atoms with van der Waals surface area (Å²) in [7, 11) is 1.37. The standard InChI is InChI=1S/C13H14F3NO5/c1-3-22-11(19)12(20,13(14,15)16)17-10(18)8-4-6-9(21-2)7-5-8/h4-7,20H,3H2,1-2H3,(H,17,18)/t12-/m0/s1. The van der Waals surface area contributed by atoms with Gasteiger partial charge in [0.25, 0.3) is 5.91 Å². The number of hydrogen-bond acceptors (Lipinski definition) is 5. The predicted octanol–water partition coefficient (Wildman–Crippen LogP) is 1.24. The summed E-state index contributed by atoms with van der Waals surface area (Å²) >= 11 is 0. The first kappa shape index (κ1) is 17.8. The minimum absolute atomic E-state index is 0.201. The minimum Gasteiger partial charge on any atom is -0.497 e. The number of ether oxygens (including phenoxy) is 2. The van der Waals surface area contributed by atoms with Gasteiger partial charge < -0.3 is 19.9 Å². The number of alkyl halides is 3. The molecule has 0 aliphatic carbocycles. The van der Waals surface area contributed by atoms with Crippen LogP contribution in [-0.4, -0.2) is 42.6 Å². The summed E-state index contributed by atoms with van der Waals surface area (Å²) < 4.78 is 47.7. The lowest BCUT2D eigenvalue weighted by Gasteiger charge is -2.28. The number of aliphatic hydroxyl groups is 1. The van der Waals surface area contributed by atoms with Crippen LogP contribution in [0.1, 0.15) is 17.3 Å². The number of halogens is 3. The molecule has 1 rings (SSSR count). The smallest absolute Gasteiger partial charge is 0.448 e. The van der Waals surface area contributed by atoms with Crippen LogP contribution in [0.2, 0.25) is 0 Å². The van der Waals surface area contributed by atoms with Gasteiger partial charge in [-0.3, -0.25) is 4.79 Å². The molecule has 22 heavy (non-hydrogen) atoms. The fourth-order valence-corrected chi connectivity index (χ4v) is 1.45. The summed E-state index contributed by atoms with van der Waals surface area (Å²) in [6, 6.07) is 5.03. The molecule has 0 fully saturated rings. The van der Waals surface area contributed by atoms with Crippen LogP contribution in [0.4, 0.5) is 13.2 Å². The molecule has 9 heteroatoms. The maximum absolute atomic E-state index is 12.9. The van der Waals surface area contributed by atoms with Gasteiger partial charge in [-0.25, -0.2) is 4.79 Å². The lowest BCUT2D eigenvalue weighted by molar-refractivity contribution is -0.269. The van der Waals surface area contributed by atoms with E-state index >= 15 is 0 Å². The van der Waals surface area contributed by atoms with E-state index in [0.29, 0.717) is 5.75 Å². The van der Waals surface area contributed by atoms with Crippen molar-refractivity contribution >= 4 is 11.9 Å².